The van der Waals surface area contributed by atoms with E-state index in [1.807, 2.05) is 6.92 Å². The van der Waals surface area contributed by atoms with Gasteiger partial charge in [-0.15, -0.1) is 0 Å². The molecule has 4 heteroatoms. The molecule has 0 heterocycles. The summed E-state index contributed by atoms with van der Waals surface area (Å²) in [5.74, 6) is 3.63. The fraction of sp³-hybridized carbons (Fsp3) is 0.793. The Hall–Kier alpha value is -1.58. The molecule has 0 spiro atoms. The first-order valence-electron chi connectivity index (χ1n) is 13.3. The molecule has 1 aromatic rings. The Bertz CT molecular complexity index is 683. The van der Waals surface area contributed by atoms with Crippen molar-refractivity contribution in [2.75, 3.05) is 14.2 Å². The van der Waals surface area contributed by atoms with Crippen molar-refractivity contribution in [2.45, 2.75) is 112 Å². The smallest absolute Gasteiger partial charge is 0.207 e. The van der Waals surface area contributed by atoms with Crippen LogP contribution in [0, 0.1) is 30.6 Å². The molecule has 1 rings (SSSR count). The van der Waals surface area contributed by atoms with Crippen molar-refractivity contribution in [3.63, 3.8) is 0 Å². The number of rotatable bonds is 17. The second-order valence-electron chi connectivity index (χ2n) is 10.9. The Kier molecular flexibility index (Phi) is 13.7. The van der Waals surface area contributed by atoms with Crippen LogP contribution in [0.1, 0.15) is 110 Å². The van der Waals surface area contributed by atoms with Crippen LogP contribution >= 0.6 is 0 Å². The van der Waals surface area contributed by atoms with Crippen molar-refractivity contribution < 1.29 is 19.7 Å². The minimum Gasteiger partial charge on any atom is -0.504 e. The van der Waals surface area contributed by atoms with E-state index < -0.39 is 0 Å². The number of hydrogen-bond donors (Lipinski definition) is 2. The molecule has 0 radical (unpaired) electrons. The van der Waals surface area contributed by atoms with Gasteiger partial charge in [-0.2, -0.15) is 0 Å². The number of methoxy groups -OCH3 is 2. The monoisotopic (exact) mass is 464 g/mol. The standard InChI is InChI=1S/C29H52O4/c1-20(2)12-9-13-21(3)14-10-15-22(4)16-11-17-23(5)18-19-25-24(6)26(30)28(32-7)29(33-8)27(25)31/h20-23,30-31H,9-19H2,1-8H3/t21?,22?,23-/m1/s1. The first-order valence-corrected chi connectivity index (χ1v) is 13.3. The van der Waals surface area contributed by atoms with Gasteiger partial charge >= 0.3 is 0 Å². The lowest BCUT2D eigenvalue weighted by molar-refractivity contribution is 0.313. The normalized spacial score (nSPS) is 14.3. The average Bonchev–Trinajstić information content (AvgIpc) is 2.75. The molecule has 2 unspecified atom stereocenters. The van der Waals surface area contributed by atoms with Gasteiger partial charge in [0.2, 0.25) is 11.5 Å². The molecule has 0 aliphatic rings. The molecule has 33 heavy (non-hydrogen) atoms. The Morgan fingerprint density at radius 1 is 0.606 bits per heavy atom. The van der Waals surface area contributed by atoms with Crippen LogP contribution in [-0.2, 0) is 6.42 Å². The summed E-state index contributed by atoms with van der Waals surface area (Å²) in [6.07, 6.45) is 13.7. The van der Waals surface area contributed by atoms with Crippen LogP contribution in [0.5, 0.6) is 23.0 Å². The van der Waals surface area contributed by atoms with E-state index in [4.69, 9.17) is 9.47 Å². The minimum atomic E-state index is 0.0536. The molecular formula is C29H52O4. The van der Waals surface area contributed by atoms with Crippen LogP contribution in [0.15, 0.2) is 0 Å². The molecule has 0 saturated carbocycles. The molecule has 1 aromatic carbocycles. The van der Waals surface area contributed by atoms with E-state index in [0.29, 0.717) is 11.5 Å². The van der Waals surface area contributed by atoms with Crippen molar-refractivity contribution in [1.29, 1.82) is 0 Å². The van der Waals surface area contributed by atoms with Crippen LogP contribution in [-0.4, -0.2) is 24.4 Å². The van der Waals surface area contributed by atoms with Crippen LogP contribution in [0.4, 0.5) is 0 Å². The lowest BCUT2D eigenvalue weighted by Gasteiger charge is -2.19. The lowest BCUT2D eigenvalue weighted by atomic mass is 9.89. The van der Waals surface area contributed by atoms with Gasteiger partial charge in [0, 0.05) is 11.1 Å². The quantitative estimate of drug-likeness (QED) is 0.227. The molecule has 0 amide bonds. The predicted octanol–water partition coefficient (Wildman–Crippen LogP) is 8.43. The molecule has 192 valence electrons. The maximum Gasteiger partial charge on any atom is 0.207 e. The third kappa shape index (κ3) is 10.1. The number of ether oxygens (including phenoxy) is 2. The lowest BCUT2D eigenvalue weighted by Crippen LogP contribution is -2.03. The topological polar surface area (TPSA) is 58.9 Å². The predicted molar refractivity (Wildman–Crippen MR) is 140 cm³/mol. The summed E-state index contributed by atoms with van der Waals surface area (Å²) < 4.78 is 10.5. The Morgan fingerprint density at radius 3 is 1.42 bits per heavy atom. The van der Waals surface area contributed by atoms with Crippen molar-refractivity contribution in [3.05, 3.63) is 11.1 Å². The van der Waals surface area contributed by atoms with Crippen LogP contribution < -0.4 is 9.47 Å². The molecular weight excluding hydrogens is 412 g/mol. The van der Waals surface area contributed by atoms with Crippen molar-refractivity contribution in [1.82, 2.24) is 0 Å². The highest BCUT2D eigenvalue weighted by Gasteiger charge is 2.23. The van der Waals surface area contributed by atoms with Gasteiger partial charge in [0.25, 0.3) is 0 Å². The van der Waals surface area contributed by atoms with Crippen molar-refractivity contribution >= 4 is 0 Å². The van der Waals surface area contributed by atoms with Crippen molar-refractivity contribution in [2.24, 2.45) is 23.7 Å². The summed E-state index contributed by atoms with van der Waals surface area (Å²) in [4.78, 5) is 0. The second-order valence-corrected chi connectivity index (χ2v) is 10.9. The first-order chi connectivity index (χ1) is 15.6. The van der Waals surface area contributed by atoms with Gasteiger partial charge in [0.15, 0.2) is 11.5 Å². The van der Waals surface area contributed by atoms with Crippen molar-refractivity contribution in [3.8, 4) is 23.0 Å². The van der Waals surface area contributed by atoms with E-state index in [1.54, 1.807) is 0 Å². The van der Waals surface area contributed by atoms with Crippen LogP contribution in [0.25, 0.3) is 0 Å². The third-order valence-electron chi connectivity index (χ3n) is 7.29. The average molecular weight is 465 g/mol. The molecule has 0 fully saturated rings. The zero-order valence-electron chi connectivity index (χ0n) is 22.8. The van der Waals surface area contributed by atoms with Gasteiger partial charge in [-0.1, -0.05) is 92.4 Å². The van der Waals surface area contributed by atoms with Gasteiger partial charge in [-0.25, -0.2) is 0 Å². The summed E-state index contributed by atoms with van der Waals surface area (Å²) in [6.45, 7) is 13.6. The number of aromatic hydroxyl groups is 2. The maximum atomic E-state index is 10.6. The zero-order chi connectivity index (χ0) is 25.0. The first kappa shape index (κ1) is 29.5. The van der Waals surface area contributed by atoms with E-state index in [1.165, 1.54) is 72.0 Å². The van der Waals surface area contributed by atoms with E-state index in [-0.39, 0.29) is 23.0 Å². The summed E-state index contributed by atoms with van der Waals surface area (Å²) in [6, 6.07) is 0. The summed E-state index contributed by atoms with van der Waals surface area (Å²) in [5.41, 5.74) is 1.43. The third-order valence-corrected chi connectivity index (χ3v) is 7.29. The summed E-state index contributed by atoms with van der Waals surface area (Å²) >= 11 is 0. The number of hydrogen-bond acceptors (Lipinski definition) is 4. The Labute approximate surface area is 204 Å². The highest BCUT2D eigenvalue weighted by Crippen LogP contribution is 2.48. The SMILES string of the molecule is COc1c(O)c(C)c(CC[C@H](C)CCCC(C)CCCC(C)CCCC(C)C)c(O)c1OC. The van der Waals surface area contributed by atoms with Crippen LogP contribution in [0.3, 0.4) is 0 Å². The maximum absolute atomic E-state index is 10.6. The molecule has 0 saturated heterocycles. The van der Waals surface area contributed by atoms with E-state index in [0.717, 1.165) is 36.2 Å². The zero-order valence-corrected chi connectivity index (χ0v) is 22.8. The Balaban J connectivity index is 2.35. The fourth-order valence-electron chi connectivity index (χ4n) is 4.86. The Morgan fingerprint density at radius 2 is 1.00 bits per heavy atom. The van der Waals surface area contributed by atoms with E-state index >= 15 is 0 Å². The summed E-state index contributed by atoms with van der Waals surface area (Å²) in [7, 11) is 2.95. The van der Waals surface area contributed by atoms with Gasteiger partial charge < -0.3 is 19.7 Å². The highest BCUT2D eigenvalue weighted by atomic mass is 16.5. The second kappa shape index (κ2) is 15.3. The largest absolute Gasteiger partial charge is 0.504 e. The van der Waals surface area contributed by atoms with Gasteiger partial charge in [-0.3, -0.25) is 0 Å². The molecule has 0 aromatic heterocycles. The molecule has 0 aliphatic heterocycles. The molecule has 3 atom stereocenters. The number of benzene rings is 1. The van der Waals surface area contributed by atoms with E-state index in [9.17, 15) is 10.2 Å². The fourth-order valence-corrected chi connectivity index (χ4v) is 4.86. The number of phenols is 2. The molecule has 4 nitrogen and oxygen atoms in total. The van der Waals surface area contributed by atoms with Gasteiger partial charge in [0.05, 0.1) is 14.2 Å². The van der Waals surface area contributed by atoms with Gasteiger partial charge in [-0.05, 0) is 43.4 Å². The molecule has 0 aliphatic carbocycles. The summed E-state index contributed by atoms with van der Waals surface area (Å²) in [5, 5.41) is 21.1. The highest BCUT2D eigenvalue weighted by molar-refractivity contribution is 5.65. The molecule has 0 bridgehead atoms. The van der Waals surface area contributed by atoms with E-state index in [2.05, 4.69) is 34.6 Å². The van der Waals surface area contributed by atoms with Crippen LogP contribution in [0.2, 0.25) is 0 Å². The van der Waals surface area contributed by atoms with Gasteiger partial charge in [0.1, 0.15) is 0 Å². The molecule has 2 N–H and O–H groups in total. The minimum absolute atomic E-state index is 0.0536. The number of phenolic OH excluding ortho intramolecular Hbond substituents is 2.